The van der Waals surface area contributed by atoms with Gasteiger partial charge in [0.2, 0.25) is 0 Å². The SMILES string of the molecule is [2H]c1oc2c([2H])c([2H])c(-c3c4ccccc4c(-c4c([2H])c([2H])c(-c5c([2H])c([2H])c([2H])c([2H])c5[2H])c([2H])c4[2H])c4ccccc34)c([2H])c2c1-c1cccc(C#N)c1. The van der Waals surface area contributed by atoms with Gasteiger partial charge in [-0.25, -0.2) is 0 Å². The number of rotatable bonds is 4. The van der Waals surface area contributed by atoms with Crippen LogP contribution >= 0.6 is 0 Å². The molecular formula is C41H25NO. The largest absolute Gasteiger partial charge is 0.464 e. The molecule has 200 valence electrons. The third-order valence-electron chi connectivity index (χ3n) is 7.37. The van der Waals surface area contributed by atoms with Gasteiger partial charge in [0.15, 0.2) is 0 Å². The predicted octanol–water partition coefficient (Wildman–Crippen LogP) is 11.3. The zero-order chi connectivity index (χ0) is 40.1. The molecule has 1 heterocycles. The Kier molecular flexibility index (Phi) is 3.51. The fraction of sp³-hybridized carbons (Fsp3) is 0. The lowest BCUT2D eigenvalue weighted by atomic mass is 9.85. The van der Waals surface area contributed by atoms with Gasteiger partial charge in [0.25, 0.3) is 0 Å². The minimum atomic E-state index is -0.678. The minimum absolute atomic E-state index is 0.0519. The molecule has 0 saturated heterocycles. The van der Waals surface area contributed by atoms with Crippen LogP contribution in [0, 0.1) is 11.3 Å². The third-order valence-corrected chi connectivity index (χ3v) is 7.37. The first-order valence-corrected chi connectivity index (χ1v) is 13.4. The molecule has 2 heteroatoms. The Hall–Kier alpha value is -5.91. The van der Waals surface area contributed by atoms with Crippen LogP contribution in [-0.2, 0) is 0 Å². The van der Waals surface area contributed by atoms with E-state index in [4.69, 9.17) is 16.8 Å². The summed E-state index contributed by atoms with van der Waals surface area (Å²) < 4.78 is 120. The van der Waals surface area contributed by atoms with E-state index >= 15 is 0 Å². The lowest BCUT2D eigenvalue weighted by Crippen LogP contribution is -1.91. The summed E-state index contributed by atoms with van der Waals surface area (Å²) in [5, 5.41) is 11.4. The van der Waals surface area contributed by atoms with Crippen LogP contribution in [0.15, 0.2) is 156 Å². The first kappa shape index (κ1) is 14.8. The Bertz CT molecular complexity index is 2980. The molecule has 0 amide bonds. The molecule has 2 nitrogen and oxygen atoms in total. The van der Waals surface area contributed by atoms with E-state index in [1.807, 2.05) is 0 Å². The highest BCUT2D eigenvalue weighted by Crippen LogP contribution is 2.45. The lowest BCUT2D eigenvalue weighted by Gasteiger charge is -2.18. The smallest absolute Gasteiger partial charge is 0.134 e. The second-order valence-corrected chi connectivity index (χ2v) is 9.82. The molecule has 0 saturated carbocycles. The maximum atomic E-state index is 9.60. The molecule has 0 aliphatic heterocycles. The van der Waals surface area contributed by atoms with Crippen molar-refractivity contribution >= 4 is 32.5 Å². The van der Waals surface area contributed by atoms with Gasteiger partial charge in [-0.1, -0.05) is 121 Å². The van der Waals surface area contributed by atoms with Crippen LogP contribution < -0.4 is 0 Å². The Balaban J connectivity index is 1.49. The average molecular weight is 561 g/mol. The van der Waals surface area contributed by atoms with Gasteiger partial charge in [0, 0.05) is 10.9 Å². The third kappa shape index (κ3) is 4.19. The summed E-state index contributed by atoms with van der Waals surface area (Å²) in [5.41, 5.74) is 0.508. The fourth-order valence-electron chi connectivity index (χ4n) is 5.48. The van der Waals surface area contributed by atoms with Gasteiger partial charge in [-0.3, -0.25) is 0 Å². The highest BCUT2D eigenvalue weighted by Gasteiger charge is 2.18. The van der Waals surface area contributed by atoms with Gasteiger partial charge >= 0.3 is 0 Å². The van der Waals surface area contributed by atoms with Crippen LogP contribution in [0.25, 0.3) is 77.0 Å². The van der Waals surface area contributed by atoms with E-state index in [1.165, 1.54) is 0 Å². The van der Waals surface area contributed by atoms with E-state index in [1.54, 1.807) is 72.8 Å². The van der Waals surface area contributed by atoms with Gasteiger partial charge in [-0.2, -0.15) is 5.26 Å². The summed E-state index contributed by atoms with van der Waals surface area (Å²) >= 11 is 0. The molecule has 0 aliphatic carbocycles. The van der Waals surface area contributed by atoms with Crippen molar-refractivity contribution < 1.29 is 22.2 Å². The molecular weight excluding hydrogens is 522 g/mol. The van der Waals surface area contributed by atoms with E-state index < -0.39 is 65.5 Å². The summed E-state index contributed by atoms with van der Waals surface area (Å²) in [6.07, 6.45) is -0.339. The second-order valence-electron chi connectivity index (χ2n) is 9.82. The van der Waals surface area contributed by atoms with E-state index in [0.29, 0.717) is 43.8 Å². The number of fused-ring (bicyclic) bond motifs is 3. The summed E-state index contributed by atoms with van der Waals surface area (Å²) in [6, 6.07) is 15.8. The van der Waals surface area contributed by atoms with Crippen molar-refractivity contribution in [1.29, 1.82) is 5.26 Å². The van der Waals surface area contributed by atoms with Gasteiger partial charge < -0.3 is 4.42 Å². The molecule has 0 spiro atoms. The van der Waals surface area contributed by atoms with Gasteiger partial charge in [0.1, 0.15) is 6.95 Å². The monoisotopic (exact) mass is 560 g/mol. The molecule has 0 aliphatic rings. The van der Waals surface area contributed by atoms with Crippen molar-refractivity contribution in [3.8, 4) is 50.6 Å². The maximum Gasteiger partial charge on any atom is 0.134 e. The minimum Gasteiger partial charge on any atom is -0.464 e. The van der Waals surface area contributed by atoms with Crippen LogP contribution in [0.2, 0.25) is 0 Å². The first-order chi connectivity index (χ1) is 26.7. The zero-order valence-electron chi connectivity index (χ0n) is 35.3. The molecule has 0 bridgehead atoms. The van der Waals surface area contributed by atoms with Crippen LogP contribution in [0.4, 0.5) is 0 Å². The highest BCUT2D eigenvalue weighted by molar-refractivity contribution is 6.21. The number of nitriles is 1. The van der Waals surface area contributed by atoms with Gasteiger partial charge in [-0.05, 0) is 84.7 Å². The molecule has 0 N–H and O–H groups in total. The number of furan rings is 1. The Morgan fingerprint density at radius 3 is 1.77 bits per heavy atom. The van der Waals surface area contributed by atoms with Crippen molar-refractivity contribution in [2.24, 2.45) is 0 Å². The summed E-state index contributed by atoms with van der Waals surface area (Å²) in [6.45, 7) is 0. The Labute approximate surface area is 268 Å². The molecule has 43 heavy (non-hydrogen) atoms. The van der Waals surface area contributed by atoms with Crippen LogP contribution in [0.1, 0.15) is 23.4 Å². The average Bonchev–Trinajstić information content (AvgIpc) is 3.56. The molecule has 0 radical (unpaired) electrons. The summed E-state index contributed by atoms with van der Waals surface area (Å²) in [5.74, 6) is 0. The van der Waals surface area contributed by atoms with Gasteiger partial charge in [-0.15, -0.1) is 0 Å². The molecule has 8 aromatic rings. The number of hydrogen-bond acceptors (Lipinski definition) is 2. The quantitative estimate of drug-likeness (QED) is 0.201. The van der Waals surface area contributed by atoms with Crippen LogP contribution in [0.3, 0.4) is 0 Å². The van der Waals surface area contributed by atoms with Crippen molar-refractivity contribution in [2.75, 3.05) is 0 Å². The zero-order valence-corrected chi connectivity index (χ0v) is 22.3. The lowest BCUT2D eigenvalue weighted by molar-refractivity contribution is 0.617. The van der Waals surface area contributed by atoms with Crippen LogP contribution in [-0.4, -0.2) is 0 Å². The predicted molar refractivity (Wildman–Crippen MR) is 178 cm³/mol. The molecule has 0 fully saturated rings. The molecule has 0 unspecified atom stereocenters. The standard InChI is InChI=1S/C41H25NO/c42-25-27-9-8-12-31(23-27)38-26-43-39-22-21-32(24-37(38)39)41-35-15-6-4-13-33(35)40(34-14-5-7-16-36(34)41)30-19-17-29(18-20-30)28-10-2-1-3-11-28/h1-24,26H/i1D,2D,3D,10D,11D,17D,18D,19D,20D,21D,22D,24D,26D. The van der Waals surface area contributed by atoms with Crippen molar-refractivity contribution in [1.82, 2.24) is 0 Å². The fourth-order valence-corrected chi connectivity index (χ4v) is 5.48. The Morgan fingerprint density at radius 2 is 1.12 bits per heavy atom. The highest BCUT2D eigenvalue weighted by atomic mass is 16.3. The normalized spacial score (nSPS) is 15.5. The number of nitrogens with zero attached hydrogens (tertiary/aromatic N) is 1. The number of benzene rings is 7. The molecule has 0 atom stereocenters. The van der Waals surface area contributed by atoms with E-state index in [2.05, 4.69) is 6.07 Å². The van der Waals surface area contributed by atoms with Crippen molar-refractivity contribution in [3.05, 3.63) is 157 Å². The van der Waals surface area contributed by atoms with Crippen molar-refractivity contribution in [2.45, 2.75) is 0 Å². The topological polar surface area (TPSA) is 36.9 Å². The van der Waals surface area contributed by atoms with Crippen molar-refractivity contribution in [3.63, 3.8) is 0 Å². The second kappa shape index (κ2) is 10.2. The first-order valence-electron chi connectivity index (χ1n) is 19.9. The Morgan fingerprint density at radius 1 is 0.535 bits per heavy atom. The molecule has 8 rings (SSSR count). The van der Waals surface area contributed by atoms with Gasteiger partial charge in [0.05, 0.1) is 34.3 Å². The van der Waals surface area contributed by atoms with E-state index in [-0.39, 0.29) is 52.0 Å². The maximum absolute atomic E-state index is 9.60. The van der Waals surface area contributed by atoms with E-state index in [0.717, 1.165) is 0 Å². The molecule has 7 aromatic carbocycles. The van der Waals surface area contributed by atoms with E-state index in [9.17, 15) is 10.7 Å². The summed E-state index contributed by atoms with van der Waals surface area (Å²) in [4.78, 5) is 0. The molecule has 1 aromatic heterocycles. The van der Waals surface area contributed by atoms with Crippen LogP contribution in [0.5, 0.6) is 0 Å². The summed E-state index contributed by atoms with van der Waals surface area (Å²) in [7, 11) is 0. The number of hydrogen-bond donors (Lipinski definition) is 0.